The van der Waals surface area contributed by atoms with Gasteiger partial charge in [-0.2, -0.15) is 0 Å². The molecule has 0 spiro atoms. The normalized spacial score (nSPS) is 19.6. The summed E-state index contributed by atoms with van der Waals surface area (Å²) in [7, 11) is 2.06. The monoisotopic (exact) mass is 272 g/mol. The van der Waals surface area contributed by atoms with Crippen LogP contribution in [0.5, 0.6) is 0 Å². The zero-order valence-electron chi connectivity index (χ0n) is 11.7. The van der Waals surface area contributed by atoms with E-state index in [0.29, 0.717) is 18.3 Å². The number of piperidine rings is 1. The van der Waals surface area contributed by atoms with E-state index in [2.05, 4.69) is 27.2 Å². The van der Waals surface area contributed by atoms with E-state index < -0.39 is 0 Å². The first-order valence-corrected chi connectivity index (χ1v) is 7.13. The Labute approximate surface area is 118 Å². The first kappa shape index (κ1) is 13.3. The topological polar surface area (TPSA) is 61.0 Å². The molecule has 2 aromatic rings. The van der Waals surface area contributed by atoms with Crippen molar-refractivity contribution in [1.29, 1.82) is 0 Å². The molecule has 106 valence electrons. The van der Waals surface area contributed by atoms with Gasteiger partial charge in [-0.25, -0.2) is 4.98 Å². The van der Waals surface area contributed by atoms with Crippen molar-refractivity contribution < 1.29 is 0 Å². The van der Waals surface area contributed by atoms with Crippen LogP contribution >= 0.6 is 0 Å². The Balaban J connectivity index is 1.82. The van der Waals surface area contributed by atoms with Crippen LogP contribution in [0.3, 0.4) is 0 Å². The fourth-order valence-electron chi connectivity index (χ4n) is 2.75. The first-order chi connectivity index (χ1) is 9.74. The Hall–Kier alpha value is -1.72. The van der Waals surface area contributed by atoms with Crippen molar-refractivity contribution in [2.75, 3.05) is 20.1 Å². The predicted octanol–water partition coefficient (Wildman–Crippen LogP) is 1.11. The van der Waals surface area contributed by atoms with E-state index in [9.17, 15) is 4.79 Å². The van der Waals surface area contributed by atoms with E-state index in [4.69, 9.17) is 0 Å². The minimum atomic E-state index is -0.0840. The van der Waals surface area contributed by atoms with Gasteiger partial charge in [-0.1, -0.05) is 12.1 Å². The average Bonchev–Trinajstić information content (AvgIpc) is 2.49. The smallest absolute Gasteiger partial charge is 0.271 e. The minimum Gasteiger partial charge on any atom is -0.319 e. The van der Waals surface area contributed by atoms with Crippen LogP contribution in [0.15, 0.2) is 29.1 Å². The van der Waals surface area contributed by atoms with Crippen LogP contribution in [-0.4, -0.2) is 41.0 Å². The third-order valence-corrected chi connectivity index (χ3v) is 3.96. The fraction of sp³-hybridized carbons (Fsp3) is 0.467. The van der Waals surface area contributed by atoms with Crippen molar-refractivity contribution in [2.24, 2.45) is 0 Å². The second-order valence-electron chi connectivity index (χ2n) is 5.45. The van der Waals surface area contributed by atoms with E-state index in [1.54, 1.807) is 0 Å². The second kappa shape index (κ2) is 5.73. The van der Waals surface area contributed by atoms with Crippen molar-refractivity contribution in [3.8, 4) is 0 Å². The lowest BCUT2D eigenvalue weighted by molar-refractivity contribution is 0.193. The van der Waals surface area contributed by atoms with Gasteiger partial charge in [-0.05, 0) is 38.6 Å². The van der Waals surface area contributed by atoms with Gasteiger partial charge in [-0.3, -0.25) is 9.69 Å². The number of nitrogens with zero attached hydrogens (tertiary/aromatic N) is 2. The quantitative estimate of drug-likeness (QED) is 0.878. The van der Waals surface area contributed by atoms with Gasteiger partial charge in [0.05, 0.1) is 11.0 Å². The molecule has 3 rings (SSSR count). The third-order valence-electron chi connectivity index (χ3n) is 3.96. The molecule has 0 aliphatic carbocycles. The van der Waals surface area contributed by atoms with E-state index >= 15 is 0 Å². The molecule has 1 aliphatic heterocycles. The van der Waals surface area contributed by atoms with Crippen molar-refractivity contribution in [3.63, 3.8) is 0 Å². The molecule has 0 bridgehead atoms. The number of para-hydroxylation sites is 2. The van der Waals surface area contributed by atoms with Gasteiger partial charge in [0.25, 0.3) is 5.56 Å². The number of nitrogens with one attached hydrogen (secondary N) is 2. The van der Waals surface area contributed by atoms with Crippen LogP contribution in [0.2, 0.25) is 0 Å². The SMILES string of the molecule is CN(Cc1nc2ccccc2[nH]c1=O)C1CCCNC1. The summed E-state index contributed by atoms with van der Waals surface area (Å²) in [6.45, 7) is 2.67. The van der Waals surface area contributed by atoms with Crippen molar-refractivity contribution in [1.82, 2.24) is 20.2 Å². The maximum atomic E-state index is 12.1. The van der Waals surface area contributed by atoms with Crippen LogP contribution in [0.1, 0.15) is 18.5 Å². The number of likely N-dealkylation sites (N-methyl/N-ethyl adjacent to an activating group) is 1. The van der Waals surface area contributed by atoms with Crippen LogP contribution in [0, 0.1) is 0 Å². The van der Waals surface area contributed by atoms with Gasteiger partial charge < -0.3 is 10.3 Å². The number of H-pyrrole nitrogens is 1. The fourth-order valence-corrected chi connectivity index (χ4v) is 2.75. The molecule has 1 aromatic carbocycles. The molecule has 5 heteroatoms. The van der Waals surface area contributed by atoms with E-state index in [-0.39, 0.29) is 5.56 Å². The molecule has 1 aromatic heterocycles. The van der Waals surface area contributed by atoms with Crippen molar-refractivity contribution in [2.45, 2.75) is 25.4 Å². The van der Waals surface area contributed by atoms with Gasteiger partial charge in [0, 0.05) is 19.1 Å². The molecule has 1 unspecified atom stereocenters. The summed E-state index contributed by atoms with van der Waals surface area (Å²) in [6, 6.07) is 8.13. The zero-order valence-corrected chi connectivity index (χ0v) is 11.7. The molecule has 20 heavy (non-hydrogen) atoms. The molecule has 0 saturated carbocycles. The zero-order chi connectivity index (χ0) is 13.9. The summed E-state index contributed by atoms with van der Waals surface area (Å²) in [5.41, 5.74) is 2.15. The van der Waals surface area contributed by atoms with Crippen molar-refractivity contribution in [3.05, 3.63) is 40.3 Å². The summed E-state index contributed by atoms with van der Waals surface area (Å²) < 4.78 is 0. The number of rotatable bonds is 3. The predicted molar refractivity (Wildman–Crippen MR) is 79.7 cm³/mol. The number of hydrogen-bond donors (Lipinski definition) is 2. The molecule has 1 fully saturated rings. The van der Waals surface area contributed by atoms with E-state index in [1.165, 1.54) is 12.8 Å². The third kappa shape index (κ3) is 2.73. The first-order valence-electron chi connectivity index (χ1n) is 7.13. The highest BCUT2D eigenvalue weighted by Gasteiger charge is 2.19. The average molecular weight is 272 g/mol. The number of aromatic nitrogens is 2. The van der Waals surface area contributed by atoms with Gasteiger partial charge in [0.1, 0.15) is 5.69 Å². The van der Waals surface area contributed by atoms with Gasteiger partial charge in [0.2, 0.25) is 0 Å². The van der Waals surface area contributed by atoms with Crippen LogP contribution in [0.4, 0.5) is 0 Å². The summed E-state index contributed by atoms with van der Waals surface area (Å²) in [4.78, 5) is 21.7. The van der Waals surface area contributed by atoms with E-state index in [0.717, 1.165) is 24.1 Å². The molecule has 2 heterocycles. The number of hydrogen-bond acceptors (Lipinski definition) is 4. The summed E-state index contributed by atoms with van der Waals surface area (Å²) >= 11 is 0. The highest BCUT2D eigenvalue weighted by Crippen LogP contribution is 2.11. The minimum absolute atomic E-state index is 0.0840. The maximum Gasteiger partial charge on any atom is 0.271 e. The van der Waals surface area contributed by atoms with Crippen LogP contribution in [0.25, 0.3) is 11.0 Å². The largest absolute Gasteiger partial charge is 0.319 e. The number of benzene rings is 1. The Morgan fingerprint density at radius 3 is 3.05 bits per heavy atom. The lowest BCUT2D eigenvalue weighted by Crippen LogP contribution is -2.44. The molecule has 2 N–H and O–H groups in total. The highest BCUT2D eigenvalue weighted by atomic mass is 16.1. The standard InChI is InChI=1S/C15H20N4O/c1-19(11-5-4-8-16-9-11)10-14-15(20)18-13-7-3-2-6-12(13)17-14/h2-3,6-7,11,16H,4-5,8-10H2,1H3,(H,18,20). The molecule has 1 atom stereocenters. The molecule has 1 aliphatic rings. The van der Waals surface area contributed by atoms with Crippen LogP contribution < -0.4 is 10.9 Å². The Morgan fingerprint density at radius 1 is 1.40 bits per heavy atom. The Bertz CT molecular complexity index is 646. The van der Waals surface area contributed by atoms with Gasteiger partial charge in [0.15, 0.2) is 0 Å². The number of fused-ring (bicyclic) bond motifs is 1. The maximum absolute atomic E-state index is 12.1. The lowest BCUT2D eigenvalue weighted by atomic mass is 10.1. The lowest BCUT2D eigenvalue weighted by Gasteiger charge is -2.31. The van der Waals surface area contributed by atoms with Crippen molar-refractivity contribution >= 4 is 11.0 Å². The Kier molecular flexibility index (Phi) is 3.80. The molecular formula is C15H20N4O. The number of aromatic amines is 1. The summed E-state index contributed by atoms with van der Waals surface area (Å²) in [5, 5.41) is 3.40. The van der Waals surface area contributed by atoms with Gasteiger partial charge >= 0.3 is 0 Å². The molecule has 1 saturated heterocycles. The van der Waals surface area contributed by atoms with Gasteiger partial charge in [-0.15, -0.1) is 0 Å². The summed E-state index contributed by atoms with van der Waals surface area (Å²) in [5.74, 6) is 0. The van der Waals surface area contributed by atoms with E-state index in [1.807, 2.05) is 24.3 Å². The summed E-state index contributed by atoms with van der Waals surface area (Å²) in [6.07, 6.45) is 2.37. The molecule has 5 nitrogen and oxygen atoms in total. The molecule has 0 radical (unpaired) electrons. The molecule has 0 amide bonds. The van der Waals surface area contributed by atoms with Crippen LogP contribution in [-0.2, 0) is 6.54 Å². The highest BCUT2D eigenvalue weighted by molar-refractivity contribution is 5.73. The molecular weight excluding hydrogens is 252 g/mol. The Morgan fingerprint density at radius 2 is 2.25 bits per heavy atom. The second-order valence-corrected chi connectivity index (χ2v) is 5.45.